The number of rotatable bonds is 7. The Kier molecular flexibility index (Phi) is 21.0. The molecule has 0 heterocycles. The Morgan fingerprint density at radius 3 is 1.69 bits per heavy atom. The van der Waals surface area contributed by atoms with Crippen LogP contribution in [0.15, 0.2) is 0 Å². The minimum atomic E-state index is 0.133. The molecule has 4 heteroatoms. The average Bonchev–Trinajstić information content (AvgIpc) is 2.17. The number of hydrogen-bond donors (Lipinski definition) is 2. The van der Waals surface area contributed by atoms with Crippen molar-refractivity contribution in [3.63, 3.8) is 0 Å². The fourth-order valence-corrected chi connectivity index (χ4v) is 0.520. The van der Waals surface area contributed by atoms with E-state index < -0.39 is 0 Å². The number of ether oxygens (including phenoxy) is 2. The molecule has 0 aliphatic heterocycles. The summed E-state index contributed by atoms with van der Waals surface area (Å²) in [6, 6.07) is 0. The third-order valence-electron chi connectivity index (χ3n) is 1.02. The molecule has 0 spiro atoms. The second-order valence-corrected chi connectivity index (χ2v) is 2.26. The maximum absolute atomic E-state index is 8.17. The molecule has 0 aromatic carbocycles. The molecule has 0 aliphatic rings. The van der Waals surface area contributed by atoms with Gasteiger partial charge in [-0.3, -0.25) is 0 Å². The maximum atomic E-state index is 8.17. The van der Waals surface area contributed by atoms with Crippen LogP contribution < -0.4 is 0 Å². The minimum Gasteiger partial charge on any atom is -0.394 e. The second-order valence-electron chi connectivity index (χ2n) is 2.26. The van der Waals surface area contributed by atoms with Gasteiger partial charge in [0.15, 0.2) is 0 Å². The zero-order valence-corrected chi connectivity index (χ0v) is 8.66. The molecule has 0 saturated carbocycles. The smallest absolute Gasteiger partial charge is 0.0697 e. The lowest BCUT2D eigenvalue weighted by Gasteiger charge is -1.94. The van der Waals surface area contributed by atoms with E-state index in [0.29, 0.717) is 19.8 Å². The van der Waals surface area contributed by atoms with Gasteiger partial charge in [-0.2, -0.15) is 0 Å². The van der Waals surface area contributed by atoms with Crippen molar-refractivity contribution < 1.29 is 19.7 Å². The molecule has 0 unspecified atom stereocenters. The Morgan fingerprint density at radius 1 is 0.846 bits per heavy atom. The largest absolute Gasteiger partial charge is 0.394 e. The van der Waals surface area contributed by atoms with E-state index in [1.54, 1.807) is 0 Å². The molecule has 0 aliphatic carbocycles. The van der Waals surface area contributed by atoms with Crippen molar-refractivity contribution in [3.8, 4) is 0 Å². The molecule has 4 nitrogen and oxygen atoms in total. The normalized spacial score (nSPS) is 9.23. The van der Waals surface area contributed by atoms with Crippen molar-refractivity contribution in [1.29, 1.82) is 0 Å². The molecule has 0 aromatic heterocycles. The number of aliphatic hydroxyl groups is 2. The third-order valence-corrected chi connectivity index (χ3v) is 1.02. The summed E-state index contributed by atoms with van der Waals surface area (Å²) in [5.41, 5.74) is 0. The summed E-state index contributed by atoms with van der Waals surface area (Å²) in [5, 5.41) is 16.2. The van der Waals surface area contributed by atoms with Crippen LogP contribution in [0.25, 0.3) is 0 Å². The Hall–Kier alpha value is -0.160. The summed E-state index contributed by atoms with van der Waals surface area (Å²) < 4.78 is 9.61. The van der Waals surface area contributed by atoms with E-state index in [-0.39, 0.29) is 13.2 Å². The molecule has 0 amide bonds. The van der Waals surface area contributed by atoms with Gasteiger partial charge in [0.25, 0.3) is 0 Å². The van der Waals surface area contributed by atoms with Crippen LogP contribution in [-0.4, -0.2) is 49.9 Å². The van der Waals surface area contributed by atoms with Crippen LogP contribution >= 0.6 is 0 Å². The molecule has 0 bridgehead atoms. The summed E-state index contributed by atoms with van der Waals surface area (Å²) in [4.78, 5) is 0. The lowest BCUT2D eigenvalue weighted by molar-refractivity contribution is 0.0928. The monoisotopic (exact) mass is 194 g/mol. The van der Waals surface area contributed by atoms with Crippen molar-refractivity contribution in [2.45, 2.75) is 20.3 Å². The topological polar surface area (TPSA) is 58.9 Å². The third kappa shape index (κ3) is 24.5. The van der Waals surface area contributed by atoms with E-state index in [0.717, 1.165) is 13.0 Å². The van der Waals surface area contributed by atoms with Crippen LogP contribution in [0.3, 0.4) is 0 Å². The zero-order chi connectivity index (χ0) is 10.4. The van der Waals surface area contributed by atoms with E-state index in [9.17, 15) is 0 Å². The highest BCUT2D eigenvalue weighted by molar-refractivity contribution is 4.24. The van der Waals surface area contributed by atoms with Crippen LogP contribution in [-0.2, 0) is 9.47 Å². The van der Waals surface area contributed by atoms with Gasteiger partial charge in [-0.05, 0) is 13.3 Å². The fraction of sp³-hybridized carbons (Fsp3) is 1.00. The maximum Gasteiger partial charge on any atom is 0.0697 e. The molecule has 0 atom stereocenters. The van der Waals surface area contributed by atoms with Crippen molar-refractivity contribution in [1.82, 2.24) is 0 Å². The molecular weight excluding hydrogens is 172 g/mol. The lowest BCUT2D eigenvalue weighted by atomic mass is 10.5. The molecular formula is C9H22O4. The SMILES string of the molecule is CCCOCCO.CCOCCO. The summed E-state index contributed by atoms with van der Waals surface area (Å²) in [7, 11) is 0. The van der Waals surface area contributed by atoms with Gasteiger partial charge in [0.2, 0.25) is 0 Å². The molecule has 0 fully saturated rings. The number of aliphatic hydroxyl groups excluding tert-OH is 2. The van der Waals surface area contributed by atoms with Crippen LogP contribution in [0.1, 0.15) is 20.3 Å². The Labute approximate surface area is 80.5 Å². The van der Waals surface area contributed by atoms with E-state index in [1.807, 2.05) is 13.8 Å². The first-order chi connectivity index (χ1) is 6.33. The Morgan fingerprint density at radius 2 is 1.38 bits per heavy atom. The predicted molar refractivity (Wildman–Crippen MR) is 51.8 cm³/mol. The number of hydrogen-bond acceptors (Lipinski definition) is 4. The van der Waals surface area contributed by atoms with Crippen LogP contribution in [0.2, 0.25) is 0 Å². The Balaban J connectivity index is 0. The molecule has 2 N–H and O–H groups in total. The van der Waals surface area contributed by atoms with Gasteiger partial charge in [-0.25, -0.2) is 0 Å². The van der Waals surface area contributed by atoms with Crippen molar-refractivity contribution in [2.24, 2.45) is 0 Å². The van der Waals surface area contributed by atoms with Gasteiger partial charge >= 0.3 is 0 Å². The highest BCUT2D eigenvalue weighted by atomic mass is 16.5. The van der Waals surface area contributed by atoms with E-state index in [4.69, 9.17) is 19.7 Å². The second kappa shape index (κ2) is 17.8. The molecule has 0 radical (unpaired) electrons. The van der Waals surface area contributed by atoms with Gasteiger partial charge in [0.05, 0.1) is 26.4 Å². The summed E-state index contributed by atoms with van der Waals surface area (Å²) in [6.07, 6.45) is 1.03. The molecule has 13 heavy (non-hydrogen) atoms. The van der Waals surface area contributed by atoms with E-state index in [1.165, 1.54) is 0 Å². The Bertz CT molecular complexity index is 60.6. The standard InChI is InChI=1S/C5H12O2.C4H10O2/c1-2-4-7-5-3-6;1-2-6-4-3-5/h6H,2-5H2,1H3;5H,2-4H2,1H3. The highest BCUT2D eigenvalue weighted by Crippen LogP contribution is 1.76. The zero-order valence-electron chi connectivity index (χ0n) is 8.66. The predicted octanol–water partition coefficient (Wildman–Crippen LogP) is 0.421. The summed E-state index contributed by atoms with van der Waals surface area (Å²) in [5.74, 6) is 0. The van der Waals surface area contributed by atoms with Crippen LogP contribution in [0.5, 0.6) is 0 Å². The summed E-state index contributed by atoms with van der Waals surface area (Å²) in [6.45, 7) is 6.62. The van der Waals surface area contributed by atoms with E-state index >= 15 is 0 Å². The van der Waals surface area contributed by atoms with Gasteiger partial charge in [0.1, 0.15) is 0 Å². The molecule has 0 rings (SSSR count). The van der Waals surface area contributed by atoms with Gasteiger partial charge in [0, 0.05) is 13.2 Å². The van der Waals surface area contributed by atoms with Gasteiger partial charge in [-0.15, -0.1) is 0 Å². The molecule has 82 valence electrons. The molecule has 0 aromatic rings. The average molecular weight is 194 g/mol. The van der Waals surface area contributed by atoms with E-state index in [2.05, 4.69) is 0 Å². The van der Waals surface area contributed by atoms with Crippen molar-refractivity contribution in [2.75, 3.05) is 39.6 Å². The quantitative estimate of drug-likeness (QED) is 0.577. The van der Waals surface area contributed by atoms with Crippen molar-refractivity contribution in [3.05, 3.63) is 0 Å². The van der Waals surface area contributed by atoms with Gasteiger partial charge in [-0.1, -0.05) is 6.92 Å². The molecule has 0 saturated heterocycles. The first-order valence-corrected chi connectivity index (χ1v) is 4.70. The summed E-state index contributed by atoms with van der Waals surface area (Å²) >= 11 is 0. The first kappa shape index (κ1) is 15.3. The highest BCUT2D eigenvalue weighted by Gasteiger charge is 1.78. The fourth-order valence-electron chi connectivity index (χ4n) is 0.520. The lowest BCUT2D eigenvalue weighted by Crippen LogP contribution is -1.98. The first-order valence-electron chi connectivity index (χ1n) is 4.70. The van der Waals surface area contributed by atoms with Crippen LogP contribution in [0.4, 0.5) is 0 Å². The minimum absolute atomic E-state index is 0.133. The van der Waals surface area contributed by atoms with Gasteiger partial charge < -0.3 is 19.7 Å². The van der Waals surface area contributed by atoms with Crippen molar-refractivity contribution >= 4 is 0 Å². The van der Waals surface area contributed by atoms with Crippen LogP contribution in [0, 0.1) is 0 Å².